The number of aryl methyl sites for hydroxylation is 1. The van der Waals surface area contributed by atoms with E-state index in [2.05, 4.69) is 35.3 Å². The molecule has 0 atom stereocenters. The maximum atomic E-state index is 4.36. The van der Waals surface area contributed by atoms with Crippen molar-refractivity contribution in [1.82, 2.24) is 10.2 Å². The predicted molar refractivity (Wildman–Crippen MR) is 82.8 cm³/mol. The van der Waals surface area contributed by atoms with Gasteiger partial charge in [-0.1, -0.05) is 60.3 Å². The smallest absolute Gasteiger partial charge is 0.126 e. The second-order valence-electron chi connectivity index (χ2n) is 4.50. The first-order valence-electron chi connectivity index (χ1n) is 6.45. The molecule has 1 heterocycles. The standard InChI is InChI=1S/C17H14N2S/c1-13-12-16(14-8-4-2-5-9-14)18-19-17(13)20-15-10-6-3-7-11-15/h2-12H,1H3. The molecule has 2 aromatic carbocycles. The van der Waals surface area contributed by atoms with Gasteiger partial charge in [0.1, 0.15) is 5.03 Å². The van der Waals surface area contributed by atoms with Gasteiger partial charge in [-0.3, -0.25) is 0 Å². The monoisotopic (exact) mass is 278 g/mol. The minimum absolute atomic E-state index is 0.917. The number of hydrogen-bond acceptors (Lipinski definition) is 3. The SMILES string of the molecule is Cc1cc(-c2ccccc2)nnc1Sc1ccccc1. The summed E-state index contributed by atoms with van der Waals surface area (Å²) in [6.45, 7) is 2.08. The van der Waals surface area contributed by atoms with Crippen LogP contribution in [-0.2, 0) is 0 Å². The molecule has 0 aliphatic heterocycles. The second kappa shape index (κ2) is 5.88. The molecule has 0 bridgehead atoms. The minimum atomic E-state index is 0.917. The fourth-order valence-corrected chi connectivity index (χ4v) is 2.74. The van der Waals surface area contributed by atoms with Gasteiger partial charge < -0.3 is 0 Å². The predicted octanol–water partition coefficient (Wildman–Crippen LogP) is 4.60. The molecule has 0 aliphatic rings. The first kappa shape index (κ1) is 12.9. The van der Waals surface area contributed by atoms with Crippen molar-refractivity contribution >= 4 is 11.8 Å². The summed E-state index contributed by atoms with van der Waals surface area (Å²) in [7, 11) is 0. The summed E-state index contributed by atoms with van der Waals surface area (Å²) < 4.78 is 0. The molecule has 0 aliphatic carbocycles. The van der Waals surface area contributed by atoms with E-state index in [-0.39, 0.29) is 0 Å². The van der Waals surface area contributed by atoms with E-state index in [1.165, 1.54) is 4.90 Å². The fraction of sp³-hybridized carbons (Fsp3) is 0.0588. The van der Waals surface area contributed by atoms with Crippen molar-refractivity contribution in [3.8, 4) is 11.3 Å². The maximum Gasteiger partial charge on any atom is 0.126 e. The molecule has 0 N–H and O–H groups in total. The van der Waals surface area contributed by atoms with Gasteiger partial charge in [0.2, 0.25) is 0 Å². The Kier molecular flexibility index (Phi) is 3.79. The molecular weight excluding hydrogens is 264 g/mol. The maximum absolute atomic E-state index is 4.36. The molecule has 0 fully saturated rings. The molecule has 2 nitrogen and oxygen atoms in total. The summed E-state index contributed by atoms with van der Waals surface area (Å²) in [6.07, 6.45) is 0. The van der Waals surface area contributed by atoms with Crippen molar-refractivity contribution in [2.75, 3.05) is 0 Å². The summed E-state index contributed by atoms with van der Waals surface area (Å²) >= 11 is 1.64. The Morgan fingerprint density at radius 1 is 0.800 bits per heavy atom. The van der Waals surface area contributed by atoms with E-state index < -0.39 is 0 Å². The molecule has 3 rings (SSSR count). The summed E-state index contributed by atoms with van der Waals surface area (Å²) in [5.74, 6) is 0. The number of aromatic nitrogens is 2. The highest BCUT2D eigenvalue weighted by molar-refractivity contribution is 7.99. The van der Waals surface area contributed by atoms with Crippen LogP contribution in [0.2, 0.25) is 0 Å². The normalized spacial score (nSPS) is 10.4. The van der Waals surface area contributed by atoms with Gasteiger partial charge in [-0.25, -0.2) is 0 Å². The molecule has 0 radical (unpaired) electrons. The van der Waals surface area contributed by atoms with Crippen molar-refractivity contribution < 1.29 is 0 Å². The minimum Gasteiger partial charge on any atom is -0.149 e. The lowest BCUT2D eigenvalue weighted by Crippen LogP contribution is -1.93. The molecule has 0 unspecified atom stereocenters. The van der Waals surface area contributed by atoms with Gasteiger partial charge in [-0.15, -0.1) is 10.2 Å². The number of nitrogens with zero attached hydrogens (tertiary/aromatic N) is 2. The zero-order valence-corrected chi connectivity index (χ0v) is 12.0. The van der Waals surface area contributed by atoms with Crippen molar-refractivity contribution in [2.45, 2.75) is 16.8 Å². The summed E-state index contributed by atoms with van der Waals surface area (Å²) in [5.41, 5.74) is 3.16. The van der Waals surface area contributed by atoms with Crippen LogP contribution in [0.25, 0.3) is 11.3 Å². The first-order valence-corrected chi connectivity index (χ1v) is 7.27. The van der Waals surface area contributed by atoms with Crippen molar-refractivity contribution in [3.63, 3.8) is 0 Å². The molecule has 0 saturated carbocycles. The van der Waals surface area contributed by atoms with Crippen LogP contribution in [0.1, 0.15) is 5.56 Å². The molecule has 20 heavy (non-hydrogen) atoms. The number of rotatable bonds is 3. The van der Waals surface area contributed by atoms with Crippen molar-refractivity contribution in [1.29, 1.82) is 0 Å². The lowest BCUT2D eigenvalue weighted by molar-refractivity contribution is 0.912. The van der Waals surface area contributed by atoms with Crippen LogP contribution in [0, 0.1) is 6.92 Å². The van der Waals surface area contributed by atoms with Gasteiger partial charge >= 0.3 is 0 Å². The highest BCUT2D eigenvalue weighted by atomic mass is 32.2. The number of hydrogen-bond donors (Lipinski definition) is 0. The molecule has 0 amide bonds. The van der Waals surface area contributed by atoms with Gasteiger partial charge in [0, 0.05) is 10.5 Å². The molecule has 0 spiro atoms. The summed E-state index contributed by atoms with van der Waals surface area (Å²) in [5, 5.41) is 9.65. The summed E-state index contributed by atoms with van der Waals surface area (Å²) in [4.78, 5) is 1.18. The zero-order valence-electron chi connectivity index (χ0n) is 11.2. The van der Waals surface area contributed by atoms with Crippen LogP contribution in [0.3, 0.4) is 0 Å². The topological polar surface area (TPSA) is 25.8 Å². The van der Waals surface area contributed by atoms with E-state index >= 15 is 0 Å². The van der Waals surface area contributed by atoms with Crippen molar-refractivity contribution in [3.05, 3.63) is 72.3 Å². The zero-order chi connectivity index (χ0) is 13.8. The highest BCUT2D eigenvalue weighted by Gasteiger charge is 2.06. The molecule has 1 aromatic heterocycles. The van der Waals surface area contributed by atoms with Crippen LogP contribution in [-0.4, -0.2) is 10.2 Å². The van der Waals surface area contributed by atoms with E-state index in [0.717, 1.165) is 21.8 Å². The lowest BCUT2D eigenvalue weighted by atomic mass is 10.1. The molecule has 98 valence electrons. The molecular formula is C17H14N2S. The van der Waals surface area contributed by atoms with Gasteiger partial charge in [0.05, 0.1) is 5.69 Å². The largest absolute Gasteiger partial charge is 0.149 e. The van der Waals surface area contributed by atoms with E-state index in [1.807, 2.05) is 48.5 Å². The Bertz CT molecular complexity index is 697. The van der Waals surface area contributed by atoms with Gasteiger partial charge in [0.15, 0.2) is 0 Å². The van der Waals surface area contributed by atoms with Crippen LogP contribution in [0.15, 0.2) is 76.7 Å². The average molecular weight is 278 g/mol. The molecule has 0 saturated heterocycles. The quantitative estimate of drug-likeness (QED) is 0.700. The Balaban J connectivity index is 1.89. The fourth-order valence-electron chi connectivity index (χ4n) is 1.92. The molecule has 3 aromatic rings. The van der Waals surface area contributed by atoms with Crippen molar-refractivity contribution in [2.24, 2.45) is 0 Å². The first-order chi connectivity index (χ1) is 9.83. The van der Waals surface area contributed by atoms with Gasteiger partial charge in [-0.05, 0) is 30.7 Å². The van der Waals surface area contributed by atoms with E-state index in [4.69, 9.17) is 0 Å². The van der Waals surface area contributed by atoms with Crippen LogP contribution < -0.4 is 0 Å². The summed E-state index contributed by atoms with van der Waals surface area (Å²) in [6, 6.07) is 22.5. The Morgan fingerprint density at radius 2 is 1.45 bits per heavy atom. The third kappa shape index (κ3) is 2.89. The second-order valence-corrected chi connectivity index (χ2v) is 5.56. The van der Waals surface area contributed by atoms with E-state index in [0.29, 0.717) is 0 Å². The van der Waals surface area contributed by atoms with Crippen LogP contribution in [0.5, 0.6) is 0 Å². The Hall–Kier alpha value is -2.13. The lowest BCUT2D eigenvalue weighted by Gasteiger charge is -2.06. The highest BCUT2D eigenvalue weighted by Crippen LogP contribution is 2.29. The van der Waals surface area contributed by atoms with Gasteiger partial charge in [-0.2, -0.15) is 0 Å². The van der Waals surface area contributed by atoms with E-state index in [9.17, 15) is 0 Å². The molecule has 3 heteroatoms. The third-order valence-corrected chi connectivity index (χ3v) is 4.07. The third-order valence-electron chi connectivity index (χ3n) is 2.97. The van der Waals surface area contributed by atoms with Gasteiger partial charge in [0.25, 0.3) is 0 Å². The average Bonchev–Trinajstić information content (AvgIpc) is 2.51. The Morgan fingerprint density at radius 3 is 2.10 bits per heavy atom. The van der Waals surface area contributed by atoms with E-state index in [1.54, 1.807) is 11.8 Å². The van der Waals surface area contributed by atoms with Crippen LogP contribution in [0.4, 0.5) is 0 Å². The van der Waals surface area contributed by atoms with Crippen LogP contribution >= 0.6 is 11.8 Å². The Labute approximate surface area is 122 Å². The number of benzene rings is 2.